The van der Waals surface area contributed by atoms with E-state index in [1.54, 1.807) is 12.4 Å². The fourth-order valence-electron chi connectivity index (χ4n) is 1.73. The molecule has 0 aliphatic rings. The van der Waals surface area contributed by atoms with Gasteiger partial charge in [-0.3, -0.25) is 0 Å². The Morgan fingerprint density at radius 3 is 2.88 bits per heavy atom. The van der Waals surface area contributed by atoms with Crippen LogP contribution in [-0.4, -0.2) is 20.2 Å². The van der Waals surface area contributed by atoms with E-state index in [4.69, 9.17) is 0 Å². The molecule has 78 valence electrons. The molecule has 3 aromatic heterocycles. The van der Waals surface area contributed by atoms with E-state index >= 15 is 0 Å². The summed E-state index contributed by atoms with van der Waals surface area (Å²) < 4.78 is 0. The number of nitrogens with one attached hydrogen (secondary N) is 1. The Morgan fingerprint density at radius 1 is 1.12 bits per heavy atom. The van der Waals surface area contributed by atoms with E-state index in [1.165, 1.54) is 0 Å². The lowest BCUT2D eigenvalue weighted by Crippen LogP contribution is -1.82. The van der Waals surface area contributed by atoms with Gasteiger partial charge >= 0.3 is 0 Å². The average molecular weight is 210 g/mol. The predicted molar refractivity (Wildman–Crippen MR) is 61.9 cm³/mol. The summed E-state index contributed by atoms with van der Waals surface area (Å²) in [6.07, 6.45) is 5.27. The van der Waals surface area contributed by atoms with Crippen molar-refractivity contribution in [1.82, 2.24) is 20.2 Å². The highest BCUT2D eigenvalue weighted by molar-refractivity contribution is 5.83. The van der Waals surface area contributed by atoms with E-state index in [-0.39, 0.29) is 0 Å². The van der Waals surface area contributed by atoms with Gasteiger partial charge in [0.1, 0.15) is 5.65 Å². The molecule has 0 fully saturated rings. The quantitative estimate of drug-likeness (QED) is 0.670. The molecule has 1 N–H and O–H groups in total. The summed E-state index contributed by atoms with van der Waals surface area (Å²) >= 11 is 0. The lowest BCUT2D eigenvalue weighted by molar-refractivity contribution is 1.03. The Balaban J connectivity index is 2.19. The first-order valence-electron chi connectivity index (χ1n) is 5.05. The maximum absolute atomic E-state index is 4.34. The molecular weight excluding hydrogens is 200 g/mol. The molecule has 16 heavy (non-hydrogen) atoms. The number of aromatic amines is 1. The van der Waals surface area contributed by atoms with Crippen molar-refractivity contribution < 1.29 is 0 Å². The molecule has 3 rings (SSSR count). The number of hydrogen-bond donors (Lipinski definition) is 1. The van der Waals surface area contributed by atoms with Gasteiger partial charge in [-0.15, -0.1) is 0 Å². The third-order valence-corrected chi connectivity index (χ3v) is 2.50. The van der Waals surface area contributed by atoms with Gasteiger partial charge < -0.3 is 4.98 Å². The molecule has 0 aliphatic carbocycles. The molecule has 0 bridgehead atoms. The summed E-state index contributed by atoms with van der Waals surface area (Å²) in [6.45, 7) is 2.03. The van der Waals surface area contributed by atoms with E-state index in [0.29, 0.717) is 0 Å². The Bertz CT molecular complexity index is 628. The second-order valence-corrected chi connectivity index (χ2v) is 3.76. The van der Waals surface area contributed by atoms with Crippen LogP contribution in [0.1, 0.15) is 5.56 Å². The van der Waals surface area contributed by atoms with Crippen molar-refractivity contribution in [2.75, 3.05) is 0 Å². The first-order valence-corrected chi connectivity index (χ1v) is 5.05. The van der Waals surface area contributed by atoms with Crippen LogP contribution in [0.25, 0.3) is 22.3 Å². The predicted octanol–water partition coefficient (Wildman–Crippen LogP) is 2.33. The molecule has 3 heterocycles. The molecule has 0 radical (unpaired) electrons. The van der Waals surface area contributed by atoms with Gasteiger partial charge in [0, 0.05) is 22.8 Å². The number of fused-ring (bicyclic) bond motifs is 1. The molecule has 0 aliphatic heterocycles. The molecule has 0 saturated carbocycles. The van der Waals surface area contributed by atoms with Crippen LogP contribution in [0.15, 0.2) is 36.8 Å². The molecule has 4 nitrogen and oxygen atoms in total. The Hall–Kier alpha value is -2.23. The number of pyridine rings is 1. The van der Waals surface area contributed by atoms with Gasteiger partial charge in [0.2, 0.25) is 0 Å². The van der Waals surface area contributed by atoms with E-state index in [0.717, 1.165) is 27.9 Å². The topological polar surface area (TPSA) is 54.5 Å². The summed E-state index contributed by atoms with van der Waals surface area (Å²) in [7, 11) is 0. The minimum atomic E-state index is 0.900. The van der Waals surface area contributed by atoms with E-state index in [9.17, 15) is 0 Å². The second kappa shape index (κ2) is 3.41. The van der Waals surface area contributed by atoms with Crippen LogP contribution in [0.5, 0.6) is 0 Å². The van der Waals surface area contributed by atoms with Gasteiger partial charge in [-0.1, -0.05) is 0 Å². The third kappa shape index (κ3) is 1.44. The van der Waals surface area contributed by atoms with Gasteiger partial charge in [-0.25, -0.2) is 4.98 Å². The van der Waals surface area contributed by atoms with Crippen LogP contribution in [0.4, 0.5) is 0 Å². The maximum atomic E-state index is 4.34. The molecular formula is C12H10N4. The van der Waals surface area contributed by atoms with Crippen LogP contribution >= 0.6 is 0 Å². The van der Waals surface area contributed by atoms with Crippen molar-refractivity contribution >= 4 is 11.0 Å². The second-order valence-electron chi connectivity index (χ2n) is 3.76. The number of aryl methyl sites for hydroxylation is 1. The molecule has 0 unspecified atom stereocenters. The van der Waals surface area contributed by atoms with Gasteiger partial charge in [0.15, 0.2) is 0 Å². The SMILES string of the molecule is Cc1cnc2[nH]c(-c3ccnnc3)cc2c1. The van der Waals surface area contributed by atoms with Crippen molar-refractivity contribution in [3.63, 3.8) is 0 Å². The zero-order chi connectivity index (χ0) is 11.0. The van der Waals surface area contributed by atoms with Gasteiger partial charge in [-0.2, -0.15) is 10.2 Å². The monoisotopic (exact) mass is 210 g/mol. The fraction of sp³-hybridized carbons (Fsp3) is 0.0833. The van der Waals surface area contributed by atoms with Crippen LogP contribution in [-0.2, 0) is 0 Å². The number of H-pyrrole nitrogens is 1. The zero-order valence-corrected chi connectivity index (χ0v) is 8.81. The van der Waals surface area contributed by atoms with Gasteiger partial charge in [-0.05, 0) is 30.7 Å². The lowest BCUT2D eigenvalue weighted by Gasteiger charge is -1.93. The van der Waals surface area contributed by atoms with Crippen LogP contribution in [0, 0.1) is 6.92 Å². The minimum absolute atomic E-state index is 0.900. The van der Waals surface area contributed by atoms with Crippen molar-refractivity contribution in [2.24, 2.45) is 0 Å². The van der Waals surface area contributed by atoms with E-state index in [2.05, 4.69) is 32.3 Å². The van der Waals surface area contributed by atoms with Crippen LogP contribution in [0.3, 0.4) is 0 Å². The van der Waals surface area contributed by atoms with Crippen molar-refractivity contribution in [1.29, 1.82) is 0 Å². The summed E-state index contributed by atoms with van der Waals surface area (Å²) in [5, 5.41) is 8.74. The molecule has 0 spiro atoms. The third-order valence-electron chi connectivity index (χ3n) is 2.50. The lowest BCUT2D eigenvalue weighted by atomic mass is 10.2. The smallest absolute Gasteiger partial charge is 0.137 e. The highest BCUT2D eigenvalue weighted by Crippen LogP contribution is 2.22. The number of rotatable bonds is 1. The van der Waals surface area contributed by atoms with Crippen LogP contribution < -0.4 is 0 Å². The summed E-state index contributed by atoms with van der Waals surface area (Å²) in [4.78, 5) is 7.60. The Labute approximate surface area is 92.4 Å². The average Bonchev–Trinajstić information content (AvgIpc) is 2.73. The Kier molecular flexibility index (Phi) is 1.93. The first kappa shape index (κ1) is 9.03. The fourth-order valence-corrected chi connectivity index (χ4v) is 1.73. The zero-order valence-electron chi connectivity index (χ0n) is 8.81. The van der Waals surface area contributed by atoms with Crippen molar-refractivity contribution in [3.05, 3.63) is 42.4 Å². The number of hydrogen-bond acceptors (Lipinski definition) is 3. The van der Waals surface area contributed by atoms with E-state index < -0.39 is 0 Å². The summed E-state index contributed by atoms with van der Waals surface area (Å²) in [5.74, 6) is 0. The van der Waals surface area contributed by atoms with Gasteiger partial charge in [0.25, 0.3) is 0 Å². The molecule has 0 atom stereocenters. The molecule has 0 saturated heterocycles. The Morgan fingerprint density at radius 2 is 2.06 bits per heavy atom. The largest absolute Gasteiger partial charge is 0.339 e. The standard InChI is InChI=1S/C12H10N4/c1-8-4-10-5-11(16-12(10)13-6-8)9-2-3-14-15-7-9/h2-7H,1H3,(H,13,16). The number of nitrogens with zero attached hydrogens (tertiary/aromatic N) is 3. The highest BCUT2D eigenvalue weighted by Gasteiger charge is 2.04. The van der Waals surface area contributed by atoms with Crippen molar-refractivity contribution in [3.8, 4) is 11.3 Å². The van der Waals surface area contributed by atoms with Crippen LogP contribution in [0.2, 0.25) is 0 Å². The minimum Gasteiger partial charge on any atom is -0.339 e. The maximum Gasteiger partial charge on any atom is 0.137 e. The summed E-state index contributed by atoms with van der Waals surface area (Å²) in [6, 6.07) is 6.11. The molecule has 0 aromatic carbocycles. The normalized spacial score (nSPS) is 10.8. The summed E-state index contributed by atoms with van der Waals surface area (Å²) in [5.41, 5.74) is 4.09. The van der Waals surface area contributed by atoms with E-state index in [1.807, 2.05) is 19.2 Å². The van der Waals surface area contributed by atoms with Crippen molar-refractivity contribution in [2.45, 2.75) is 6.92 Å². The molecule has 3 aromatic rings. The molecule has 0 amide bonds. The highest BCUT2D eigenvalue weighted by atomic mass is 15.1. The number of aromatic nitrogens is 4. The van der Waals surface area contributed by atoms with Gasteiger partial charge in [0.05, 0.1) is 12.4 Å². The first-order chi connectivity index (χ1) is 7.83. The molecule has 4 heteroatoms.